The quantitative estimate of drug-likeness (QED) is 0.411. The number of hydrogen-bond donors (Lipinski definition) is 0. The molecule has 0 spiro atoms. The van der Waals surface area contributed by atoms with Gasteiger partial charge in [0.05, 0.1) is 16.8 Å². The summed E-state index contributed by atoms with van der Waals surface area (Å²) in [6, 6.07) is 15.9. The predicted octanol–water partition coefficient (Wildman–Crippen LogP) is 5.57. The van der Waals surface area contributed by atoms with Gasteiger partial charge in [0.1, 0.15) is 5.52 Å². The Morgan fingerprint density at radius 2 is 1.69 bits per heavy atom. The number of anilines is 1. The first-order valence-electron chi connectivity index (χ1n) is 9.09. The molecule has 2 amide bonds. The molecular weight excluding hydrogens is 388 g/mol. The molecule has 0 radical (unpaired) electrons. The molecule has 0 saturated carbocycles. The van der Waals surface area contributed by atoms with E-state index in [1.54, 1.807) is 42.5 Å². The highest BCUT2D eigenvalue weighted by molar-refractivity contribution is 6.35. The number of carbonyl (C=O) groups excluding carboxylic acids is 2. The van der Waals surface area contributed by atoms with Crippen LogP contribution in [0.4, 0.5) is 5.69 Å². The highest BCUT2D eigenvalue weighted by Gasteiger charge is 2.37. The second-order valence-electron chi connectivity index (χ2n) is 7.13. The van der Waals surface area contributed by atoms with Crippen LogP contribution in [0, 0.1) is 13.8 Å². The first-order valence-corrected chi connectivity index (χ1v) is 9.47. The number of benzene rings is 3. The minimum absolute atomic E-state index is 0.326. The van der Waals surface area contributed by atoms with E-state index in [0.717, 1.165) is 11.1 Å². The van der Waals surface area contributed by atoms with Crippen LogP contribution >= 0.6 is 11.6 Å². The normalized spacial score (nSPS) is 13.4. The predicted molar refractivity (Wildman–Crippen MR) is 112 cm³/mol. The van der Waals surface area contributed by atoms with E-state index < -0.39 is 0 Å². The first kappa shape index (κ1) is 17.6. The van der Waals surface area contributed by atoms with Crippen molar-refractivity contribution in [3.63, 3.8) is 0 Å². The summed E-state index contributed by atoms with van der Waals surface area (Å²) in [6.07, 6.45) is 0. The van der Waals surface area contributed by atoms with Gasteiger partial charge in [-0.2, -0.15) is 0 Å². The fraction of sp³-hybridized carbons (Fsp3) is 0.0870. The van der Waals surface area contributed by atoms with Gasteiger partial charge < -0.3 is 4.42 Å². The number of hydrogen-bond acceptors (Lipinski definition) is 4. The van der Waals surface area contributed by atoms with Crippen molar-refractivity contribution in [2.24, 2.45) is 0 Å². The van der Waals surface area contributed by atoms with E-state index in [4.69, 9.17) is 16.0 Å². The number of aromatic nitrogens is 1. The van der Waals surface area contributed by atoms with Crippen LogP contribution in [0.15, 0.2) is 59.0 Å². The number of rotatable bonds is 2. The average molecular weight is 403 g/mol. The Balaban J connectivity index is 1.58. The van der Waals surface area contributed by atoms with Crippen molar-refractivity contribution >= 4 is 40.2 Å². The lowest BCUT2D eigenvalue weighted by Crippen LogP contribution is -2.30. The fourth-order valence-electron chi connectivity index (χ4n) is 3.67. The minimum atomic E-state index is -0.349. The lowest BCUT2D eigenvalue weighted by atomic mass is 10.1. The van der Waals surface area contributed by atoms with Gasteiger partial charge in [0, 0.05) is 10.6 Å². The van der Waals surface area contributed by atoms with Gasteiger partial charge in [0.15, 0.2) is 5.58 Å². The maximum Gasteiger partial charge on any atom is 0.266 e. The molecule has 4 aromatic rings. The summed E-state index contributed by atoms with van der Waals surface area (Å²) < 4.78 is 5.80. The second-order valence-corrected chi connectivity index (χ2v) is 7.56. The molecule has 2 heterocycles. The largest absolute Gasteiger partial charge is 0.436 e. The number of halogens is 1. The molecule has 5 nitrogen and oxygen atoms in total. The number of nitrogens with zero attached hydrogens (tertiary/aromatic N) is 2. The van der Waals surface area contributed by atoms with Crippen molar-refractivity contribution in [3.8, 4) is 11.5 Å². The highest BCUT2D eigenvalue weighted by Crippen LogP contribution is 2.34. The Labute approximate surface area is 171 Å². The third-order valence-corrected chi connectivity index (χ3v) is 5.31. The molecule has 1 aromatic heterocycles. The van der Waals surface area contributed by atoms with Crippen molar-refractivity contribution in [2.75, 3.05) is 4.90 Å². The maximum absolute atomic E-state index is 13.1. The molecular formula is C23H15ClN2O3. The van der Waals surface area contributed by atoms with E-state index in [9.17, 15) is 9.59 Å². The molecule has 3 aromatic carbocycles. The Morgan fingerprint density at radius 1 is 0.897 bits per heavy atom. The number of aryl methyl sites for hydroxylation is 2. The number of carbonyl (C=O) groups is 2. The molecule has 5 rings (SSSR count). The molecule has 1 aliphatic rings. The molecule has 0 atom stereocenters. The zero-order chi connectivity index (χ0) is 20.3. The van der Waals surface area contributed by atoms with Crippen molar-refractivity contribution in [2.45, 2.75) is 13.8 Å². The van der Waals surface area contributed by atoms with Gasteiger partial charge in [-0.3, -0.25) is 9.59 Å². The molecule has 6 heteroatoms. The van der Waals surface area contributed by atoms with Crippen LogP contribution in [0.2, 0.25) is 5.02 Å². The van der Waals surface area contributed by atoms with E-state index in [0.29, 0.717) is 44.4 Å². The number of amides is 2. The summed E-state index contributed by atoms with van der Waals surface area (Å²) in [4.78, 5) is 31.7. The van der Waals surface area contributed by atoms with Crippen LogP contribution < -0.4 is 4.90 Å². The van der Waals surface area contributed by atoms with E-state index in [2.05, 4.69) is 4.98 Å². The lowest BCUT2D eigenvalue weighted by molar-refractivity contribution is 0.0926. The third-order valence-electron chi connectivity index (χ3n) is 5.08. The Morgan fingerprint density at radius 3 is 2.48 bits per heavy atom. The smallest absolute Gasteiger partial charge is 0.266 e. The molecule has 142 valence electrons. The van der Waals surface area contributed by atoms with Crippen LogP contribution in [0.5, 0.6) is 0 Å². The maximum atomic E-state index is 13.1. The van der Waals surface area contributed by atoms with Gasteiger partial charge in [-0.1, -0.05) is 29.3 Å². The van der Waals surface area contributed by atoms with Crippen molar-refractivity contribution in [1.82, 2.24) is 4.98 Å². The Kier molecular flexibility index (Phi) is 3.83. The standard InChI is InChI=1S/C23H15ClN2O3/c1-12-3-7-19(13(2)9-12)26-22(27)16-6-4-14(10-17(16)23(26)28)21-25-18-11-15(24)5-8-20(18)29-21/h3-11H,1-2H3. The van der Waals surface area contributed by atoms with Gasteiger partial charge in [0.2, 0.25) is 5.89 Å². The zero-order valence-electron chi connectivity index (χ0n) is 15.7. The third kappa shape index (κ3) is 2.74. The molecule has 0 aliphatic carbocycles. The van der Waals surface area contributed by atoms with Gasteiger partial charge in [-0.05, 0) is 61.9 Å². The topological polar surface area (TPSA) is 63.4 Å². The number of oxazole rings is 1. The van der Waals surface area contributed by atoms with Gasteiger partial charge in [-0.25, -0.2) is 9.88 Å². The average Bonchev–Trinajstić information content (AvgIpc) is 3.21. The van der Waals surface area contributed by atoms with Crippen LogP contribution in [0.3, 0.4) is 0 Å². The molecule has 0 N–H and O–H groups in total. The summed E-state index contributed by atoms with van der Waals surface area (Å²) in [7, 11) is 0. The summed E-state index contributed by atoms with van der Waals surface area (Å²) in [5.41, 5.74) is 5.11. The molecule has 0 unspecified atom stereocenters. The minimum Gasteiger partial charge on any atom is -0.436 e. The van der Waals surface area contributed by atoms with Crippen LogP contribution in [0.25, 0.3) is 22.6 Å². The van der Waals surface area contributed by atoms with Gasteiger partial charge >= 0.3 is 0 Å². The Bertz CT molecular complexity index is 1340. The highest BCUT2D eigenvalue weighted by atomic mass is 35.5. The molecule has 29 heavy (non-hydrogen) atoms. The molecule has 0 fully saturated rings. The summed E-state index contributed by atoms with van der Waals surface area (Å²) in [5.74, 6) is -0.305. The SMILES string of the molecule is Cc1ccc(N2C(=O)c3ccc(-c4nc5cc(Cl)ccc5o4)cc3C2=O)c(C)c1. The summed E-state index contributed by atoms with van der Waals surface area (Å²) in [5, 5.41) is 0.566. The first-order chi connectivity index (χ1) is 13.9. The monoisotopic (exact) mass is 402 g/mol. The van der Waals surface area contributed by atoms with Crippen LogP contribution in [-0.4, -0.2) is 16.8 Å². The van der Waals surface area contributed by atoms with Gasteiger partial charge in [0.25, 0.3) is 11.8 Å². The summed E-state index contributed by atoms with van der Waals surface area (Å²) in [6.45, 7) is 3.86. The van der Waals surface area contributed by atoms with E-state index >= 15 is 0 Å². The van der Waals surface area contributed by atoms with Crippen molar-refractivity contribution in [1.29, 1.82) is 0 Å². The Hall–Kier alpha value is -3.44. The van der Waals surface area contributed by atoms with E-state index in [1.165, 1.54) is 4.90 Å². The van der Waals surface area contributed by atoms with Crippen molar-refractivity contribution < 1.29 is 14.0 Å². The van der Waals surface area contributed by atoms with Crippen molar-refractivity contribution in [3.05, 3.63) is 81.9 Å². The molecule has 0 saturated heterocycles. The summed E-state index contributed by atoms with van der Waals surface area (Å²) >= 11 is 6.01. The van der Waals surface area contributed by atoms with Crippen LogP contribution in [-0.2, 0) is 0 Å². The van der Waals surface area contributed by atoms with E-state index in [-0.39, 0.29) is 11.8 Å². The number of fused-ring (bicyclic) bond motifs is 2. The molecule has 1 aliphatic heterocycles. The fourth-order valence-corrected chi connectivity index (χ4v) is 3.84. The van der Waals surface area contributed by atoms with E-state index in [1.807, 2.05) is 26.0 Å². The molecule has 0 bridgehead atoms. The van der Waals surface area contributed by atoms with Gasteiger partial charge in [-0.15, -0.1) is 0 Å². The number of imide groups is 1. The second kappa shape index (κ2) is 6.29. The lowest BCUT2D eigenvalue weighted by Gasteiger charge is -2.16. The zero-order valence-corrected chi connectivity index (χ0v) is 16.4. The van der Waals surface area contributed by atoms with Crippen LogP contribution in [0.1, 0.15) is 31.8 Å².